The Morgan fingerprint density at radius 1 is 1.17 bits per heavy atom. The Hall–Kier alpha value is -2.53. The number of hydrogen-bond donors (Lipinski definition) is 1. The molecule has 2 aromatic rings. The lowest BCUT2D eigenvalue weighted by molar-refractivity contribution is -0.133. The minimum atomic E-state index is -0.725. The summed E-state index contributed by atoms with van der Waals surface area (Å²) in [4.78, 5) is 14.1. The molecule has 1 aliphatic heterocycles. The van der Waals surface area contributed by atoms with Gasteiger partial charge in [0.05, 0.1) is 18.6 Å². The van der Waals surface area contributed by atoms with Crippen LogP contribution in [0.15, 0.2) is 48.5 Å². The Morgan fingerprint density at radius 3 is 2.62 bits per heavy atom. The van der Waals surface area contributed by atoms with E-state index in [-0.39, 0.29) is 25.2 Å². The van der Waals surface area contributed by atoms with E-state index in [1.165, 1.54) is 0 Å². The molecule has 0 unspecified atom stereocenters. The Labute approximate surface area is 141 Å². The normalized spacial score (nSPS) is 15.0. The van der Waals surface area contributed by atoms with Crippen LogP contribution in [0.3, 0.4) is 0 Å². The van der Waals surface area contributed by atoms with Crippen molar-refractivity contribution < 1.29 is 19.4 Å². The van der Waals surface area contributed by atoms with Crippen LogP contribution >= 0.6 is 0 Å². The number of fused-ring (bicyclic) bond motifs is 1. The second kappa shape index (κ2) is 6.93. The molecule has 5 nitrogen and oxygen atoms in total. The van der Waals surface area contributed by atoms with Crippen molar-refractivity contribution in [3.63, 3.8) is 0 Å². The van der Waals surface area contributed by atoms with Gasteiger partial charge in [-0.3, -0.25) is 4.79 Å². The summed E-state index contributed by atoms with van der Waals surface area (Å²) in [5.74, 6) is 1.31. The van der Waals surface area contributed by atoms with Gasteiger partial charge < -0.3 is 19.5 Å². The fourth-order valence-electron chi connectivity index (χ4n) is 2.72. The van der Waals surface area contributed by atoms with Crippen molar-refractivity contribution in [2.24, 2.45) is 0 Å². The summed E-state index contributed by atoms with van der Waals surface area (Å²) in [6.45, 7) is 2.06. The monoisotopic (exact) mass is 327 g/mol. The zero-order chi connectivity index (χ0) is 17.1. The molecule has 0 radical (unpaired) electrons. The number of aliphatic hydroxyl groups excluding tert-OH is 1. The van der Waals surface area contributed by atoms with Gasteiger partial charge in [0.15, 0.2) is 11.5 Å². The lowest BCUT2D eigenvalue weighted by atomic mass is 10.0. The van der Waals surface area contributed by atoms with E-state index in [0.717, 1.165) is 11.1 Å². The SMILES string of the molecule is C[C@@H]([C@@H](O)c1ccccc1)N(C)C(=O)Cc1ccc2c(c1)OCO2. The van der Waals surface area contributed by atoms with Crippen LogP contribution in [0.2, 0.25) is 0 Å². The van der Waals surface area contributed by atoms with E-state index in [2.05, 4.69) is 0 Å². The molecule has 0 bridgehead atoms. The van der Waals surface area contributed by atoms with Gasteiger partial charge in [0.2, 0.25) is 12.7 Å². The topological polar surface area (TPSA) is 59.0 Å². The van der Waals surface area contributed by atoms with E-state index in [1.807, 2.05) is 55.5 Å². The van der Waals surface area contributed by atoms with Crippen molar-refractivity contribution >= 4 is 5.91 Å². The zero-order valence-electron chi connectivity index (χ0n) is 13.8. The largest absolute Gasteiger partial charge is 0.454 e. The van der Waals surface area contributed by atoms with Crippen molar-refractivity contribution in [1.29, 1.82) is 0 Å². The van der Waals surface area contributed by atoms with Crippen molar-refractivity contribution in [3.05, 3.63) is 59.7 Å². The van der Waals surface area contributed by atoms with Gasteiger partial charge in [-0.05, 0) is 30.2 Å². The number of aliphatic hydroxyl groups is 1. The van der Waals surface area contributed by atoms with Crippen LogP contribution in [0, 0.1) is 0 Å². The van der Waals surface area contributed by atoms with Gasteiger partial charge in [-0.15, -0.1) is 0 Å². The molecule has 2 aromatic carbocycles. The molecule has 24 heavy (non-hydrogen) atoms. The number of benzene rings is 2. The Morgan fingerprint density at radius 2 is 1.88 bits per heavy atom. The summed E-state index contributed by atoms with van der Waals surface area (Å²) in [6.07, 6.45) is -0.476. The lowest BCUT2D eigenvalue weighted by Crippen LogP contribution is -2.39. The molecule has 2 atom stereocenters. The molecule has 1 N–H and O–H groups in total. The Balaban J connectivity index is 1.66. The van der Waals surface area contributed by atoms with Gasteiger partial charge in [-0.25, -0.2) is 0 Å². The summed E-state index contributed by atoms with van der Waals surface area (Å²) in [7, 11) is 1.71. The van der Waals surface area contributed by atoms with E-state index in [0.29, 0.717) is 11.5 Å². The molecule has 0 aromatic heterocycles. The maximum atomic E-state index is 12.5. The molecular formula is C19H21NO4. The molecule has 0 aliphatic carbocycles. The summed E-state index contributed by atoms with van der Waals surface area (Å²) >= 11 is 0. The molecule has 1 aliphatic rings. The van der Waals surface area contributed by atoms with E-state index in [1.54, 1.807) is 11.9 Å². The van der Waals surface area contributed by atoms with Crippen LogP contribution in [-0.4, -0.2) is 35.8 Å². The quantitative estimate of drug-likeness (QED) is 0.917. The van der Waals surface area contributed by atoms with Gasteiger partial charge in [-0.1, -0.05) is 36.4 Å². The average molecular weight is 327 g/mol. The molecule has 1 amide bonds. The van der Waals surface area contributed by atoms with E-state index in [9.17, 15) is 9.90 Å². The van der Waals surface area contributed by atoms with Gasteiger partial charge >= 0.3 is 0 Å². The number of amides is 1. The second-order valence-corrected chi connectivity index (χ2v) is 5.97. The maximum Gasteiger partial charge on any atom is 0.231 e. The fraction of sp³-hybridized carbons (Fsp3) is 0.316. The highest BCUT2D eigenvalue weighted by Gasteiger charge is 2.24. The maximum absolute atomic E-state index is 12.5. The van der Waals surface area contributed by atoms with Crippen molar-refractivity contribution in [2.45, 2.75) is 25.5 Å². The van der Waals surface area contributed by atoms with Gasteiger partial charge in [0.1, 0.15) is 0 Å². The van der Waals surface area contributed by atoms with Crippen molar-refractivity contribution in [3.8, 4) is 11.5 Å². The molecule has 0 spiro atoms. The first kappa shape index (κ1) is 16.3. The molecular weight excluding hydrogens is 306 g/mol. The van der Waals surface area contributed by atoms with Crippen LogP contribution in [0.5, 0.6) is 11.5 Å². The number of hydrogen-bond acceptors (Lipinski definition) is 4. The highest BCUT2D eigenvalue weighted by atomic mass is 16.7. The summed E-state index contributed by atoms with van der Waals surface area (Å²) in [5, 5.41) is 10.5. The van der Waals surface area contributed by atoms with Gasteiger partial charge in [0, 0.05) is 7.05 Å². The average Bonchev–Trinajstić information content (AvgIpc) is 3.08. The fourth-order valence-corrected chi connectivity index (χ4v) is 2.72. The molecule has 0 saturated heterocycles. The highest BCUT2D eigenvalue weighted by molar-refractivity contribution is 5.79. The zero-order valence-corrected chi connectivity index (χ0v) is 13.8. The van der Waals surface area contributed by atoms with Crippen LogP contribution in [-0.2, 0) is 11.2 Å². The number of rotatable bonds is 5. The highest BCUT2D eigenvalue weighted by Crippen LogP contribution is 2.32. The minimum Gasteiger partial charge on any atom is -0.454 e. The van der Waals surface area contributed by atoms with Crippen molar-refractivity contribution in [1.82, 2.24) is 4.90 Å². The summed E-state index contributed by atoms with van der Waals surface area (Å²) < 4.78 is 10.6. The molecule has 0 fully saturated rings. The number of likely N-dealkylation sites (N-methyl/N-ethyl adjacent to an activating group) is 1. The Bertz CT molecular complexity index is 717. The van der Waals surface area contributed by atoms with Crippen LogP contribution in [0.1, 0.15) is 24.2 Å². The third-order valence-electron chi connectivity index (χ3n) is 4.39. The summed E-state index contributed by atoms with van der Waals surface area (Å²) in [5.41, 5.74) is 1.66. The Kier molecular flexibility index (Phi) is 4.71. The summed E-state index contributed by atoms with van der Waals surface area (Å²) in [6, 6.07) is 14.5. The predicted octanol–water partition coefficient (Wildman–Crippen LogP) is 2.54. The molecule has 0 saturated carbocycles. The molecule has 126 valence electrons. The van der Waals surface area contributed by atoms with Crippen LogP contribution in [0.4, 0.5) is 0 Å². The van der Waals surface area contributed by atoms with E-state index in [4.69, 9.17) is 9.47 Å². The van der Waals surface area contributed by atoms with E-state index >= 15 is 0 Å². The standard InChI is InChI=1S/C19H21NO4/c1-13(19(22)15-6-4-3-5-7-15)20(2)18(21)11-14-8-9-16-17(10-14)24-12-23-16/h3-10,13,19,22H,11-12H2,1-2H3/t13-,19+/m0/s1. The number of ether oxygens (including phenoxy) is 2. The third kappa shape index (κ3) is 3.36. The van der Waals surface area contributed by atoms with E-state index < -0.39 is 6.10 Å². The van der Waals surface area contributed by atoms with Gasteiger partial charge in [-0.2, -0.15) is 0 Å². The second-order valence-electron chi connectivity index (χ2n) is 5.97. The van der Waals surface area contributed by atoms with Crippen LogP contribution in [0.25, 0.3) is 0 Å². The minimum absolute atomic E-state index is 0.0589. The smallest absolute Gasteiger partial charge is 0.231 e. The first-order valence-electron chi connectivity index (χ1n) is 7.93. The first-order valence-corrected chi connectivity index (χ1v) is 7.93. The first-order chi connectivity index (χ1) is 11.6. The molecule has 3 rings (SSSR count). The van der Waals surface area contributed by atoms with Crippen molar-refractivity contribution in [2.75, 3.05) is 13.8 Å². The predicted molar refractivity (Wildman–Crippen MR) is 89.9 cm³/mol. The van der Waals surface area contributed by atoms with Gasteiger partial charge in [0.25, 0.3) is 0 Å². The number of carbonyl (C=O) groups is 1. The third-order valence-corrected chi connectivity index (χ3v) is 4.39. The number of nitrogens with zero attached hydrogens (tertiary/aromatic N) is 1. The number of carbonyl (C=O) groups excluding carboxylic acids is 1. The lowest BCUT2D eigenvalue weighted by Gasteiger charge is -2.29. The molecule has 1 heterocycles. The molecule has 5 heteroatoms. The van der Waals surface area contributed by atoms with Crippen LogP contribution < -0.4 is 9.47 Å².